The zero-order valence-corrected chi connectivity index (χ0v) is 12.5. The average Bonchev–Trinajstić information content (AvgIpc) is 3.05. The van der Waals surface area contributed by atoms with Gasteiger partial charge in [0.05, 0.1) is 18.6 Å². The first-order valence-corrected chi connectivity index (χ1v) is 7.18. The van der Waals surface area contributed by atoms with Gasteiger partial charge in [-0.3, -0.25) is 0 Å². The van der Waals surface area contributed by atoms with E-state index in [9.17, 15) is 14.3 Å². The van der Waals surface area contributed by atoms with E-state index in [1.54, 1.807) is 16.7 Å². The molecule has 0 bridgehead atoms. The molecule has 0 amide bonds. The van der Waals surface area contributed by atoms with Crippen molar-refractivity contribution in [2.75, 3.05) is 0 Å². The maximum atomic E-state index is 13.1. The third-order valence-electron chi connectivity index (χ3n) is 3.87. The van der Waals surface area contributed by atoms with Crippen molar-refractivity contribution in [2.45, 2.75) is 13.0 Å². The monoisotopic (exact) mass is 310 g/mol. The number of halogens is 1. The molecule has 0 saturated carbocycles. The van der Waals surface area contributed by atoms with Crippen LogP contribution in [0.1, 0.15) is 29.0 Å². The second kappa shape index (κ2) is 6.04. The number of nitrogens with zero attached hydrogens (tertiary/aromatic N) is 2. The van der Waals surface area contributed by atoms with Gasteiger partial charge in [-0.1, -0.05) is 36.4 Å². The highest BCUT2D eigenvalue weighted by Crippen LogP contribution is 2.30. The number of carbonyl (C=O) groups is 1. The highest BCUT2D eigenvalue weighted by atomic mass is 19.1. The van der Waals surface area contributed by atoms with Crippen LogP contribution in [0.5, 0.6) is 0 Å². The van der Waals surface area contributed by atoms with Crippen LogP contribution < -0.4 is 0 Å². The van der Waals surface area contributed by atoms with Crippen molar-refractivity contribution in [3.05, 3.63) is 78.1 Å². The lowest BCUT2D eigenvalue weighted by Gasteiger charge is -2.19. The molecule has 0 aliphatic rings. The highest BCUT2D eigenvalue weighted by molar-refractivity contribution is 5.85. The molecule has 5 heteroatoms. The maximum absolute atomic E-state index is 13.1. The van der Waals surface area contributed by atoms with E-state index in [1.807, 2.05) is 31.2 Å². The normalized spacial score (nSPS) is 12.1. The van der Waals surface area contributed by atoms with E-state index < -0.39 is 5.97 Å². The molecule has 116 valence electrons. The number of carboxylic acid groups (broad SMARTS) is 1. The van der Waals surface area contributed by atoms with Crippen LogP contribution in [0.2, 0.25) is 0 Å². The van der Waals surface area contributed by atoms with Crippen molar-refractivity contribution in [1.82, 2.24) is 9.55 Å². The molecule has 0 fully saturated rings. The van der Waals surface area contributed by atoms with Crippen LogP contribution in [-0.4, -0.2) is 20.6 Å². The smallest absolute Gasteiger partial charge is 0.354 e. The summed E-state index contributed by atoms with van der Waals surface area (Å²) in [5.74, 6) is -1.31. The van der Waals surface area contributed by atoms with Gasteiger partial charge in [0, 0.05) is 0 Å². The van der Waals surface area contributed by atoms with Gasteiger partial charge in [-0.25, -0.2) is 14.2 Å². The van der Waals surface area contributed by atoms with Crippen molar-refractivity contribution in [3.63, 3.8) is 0 Å². The van der Waals surface area contributed by atoms with E-state index in [4.69, 9.17) is 0 Å². The summed E-state index contributed by atoms with van der Waals surface area (Å²) in [7, 11) is 0. The van der Waals surface area contributed by atoms with Crippen LogP contribution in [0, 0.1) is 5.82 Å². The van der Waals surface area contributed by atoms with E-state index in [-0.39, 0.29) is 17.6 Å². The van der Waals surface area contributed by atoms with E-state index in [2.05, 4.69) is 4.98 Å². The molecule has 1 unspecified atom stereocenters. The molecule has 3 rings (SSSR count). The molecule has 23 heavy (non-hydrogen) atoms. The molecule has 0 radical (unpaired) electrons. The summed E-state index contributed by atoms with van der Waals surface area (Å²) in [6.07, 6.45) is 2.84. The topological polar surface area (TPSA) is 55.1 Å². The number of rotatable bonds is 4. The Hall–Kier alpha value is -2.95. The molecular weight excluding hydrogens is 295 g/mol. The Morgan fingerprint density at radius 1 is 1.17 bits per heavy atom. The third kappa shape index (κ3) is 2.85. The Morgan fingerprint density at radius 3 is 2.57 bits per heavy atom. The molecule has 0 aliphatic carbocycles. The quantitative estimate of drug-likeness (QED) is 0.792. The minimum absolute atomic E-state index is 0.131. The van der Waals surface area contributed by atoms with Gasteiger partial charge in [0.25, 0.3) is 0 Å². The fourth-order valence-corrected chi connectivity index (χ4v) is 2.68. The predicted octanol–water partition coefficient (Wildman–Crippen LogP) is 4.00. The predicted molar refractivity (Wildman–Crippen MR) is 84.8 cm³/mol. The van der Waals surface area contributed by atoms with E-state index in [0.717, 1.165) is 16.7 Å². The van der Waals surface area contributed by atoms with Gasteiger partial charge >= 0.3 is 5.97 Å². The second-order valence-corrected chi connectivity index (χ2v) is 5.26. The average molecular weight is 310 g/mol. The van der Waals surface area contributed by atoms with Crippen LogP contribution in [0.25, 0.3) is 11.1 Å². The molecule has 1 aromatic heterocycles. The van der Waals surface area contributed by atoms with Crippen LogP contribution in [-0.2, 0) is 0 Å². The standard InChI is InChI=1S/C18H15FN2O2/c1-12(21-11-20-10-17(21)18(22)23)15-4-2-3-5-16(15)13-6-8-14(19)9-7-13/h2-12H,1H3,(H,22,23). The third-order valence-corrected chi connectivity index (χ3v) is 3.87. The maximum Gasteiger partial charge on any atom is 0.354 e. The number of benzene rings is 2. The summed E-state index contributed by atoms with van der Waals surface area (Å²) in [6, 6.07) is 13.7. The minimum Gasteiger partial charge on any atom is -0.477 e. The van der Waals surface area contributed by atoms with Crippen LogP contribution in [0.4, 0.5) is 4.39 Å². The van der Waals surface area contributed by atoms with Crippen molar-refractivity contribution in [2.24, 2.45) is 0 Å². The highest BCUT2D eigenvalue weighted by Gasteiger charge is 2.18. The molecule has 4 nitrogen and oxygen atoms in total. The number of imidazole rings is 1. The largest absolute Gasteiger partial charge is 0.477 e. The fourth-order valence-electron chi connectivity index (χ4n) is 2.68. The number of aromatic nitrogens is 2. The Labute approximate surface area is 132 Å². The summed E-state index contributed by atoms with van der Waals surface area (Å²) in [5, 5.41) is 9.26. The van der Waals surface area contributed by atoms with Gasteiger partial charge < -0.3 is 9.67 Å². The van der Waals surface area contributed by atoms with Gasteiger partial charge in [0.15, 0.2) is 0 Å². The Balaban J connectivity index is 2.08. The van der Waals surface area contributed by atoms with E-state index in [0.29, 0.717) is 0 Å². The molecule has 0 saturated heterocycles. The summed E-state index contributed by atoms with van der Waals surface area (Å²) in [5.41, 5.74) is 2.89. The van der Waals surface area contributed by atoms with Crippen molar-refractivity contribution >= 4 is 5.97 Å². The summed E-state index contributed by atoms with van der Waals surface area (Å²) in [6.45, 7) is 1.91. The molecule has 0 aliphatic heterocycles. The minimum atomic E-state index is -1.02. The van der Waals surface area contributed by atoms with Gasteiger partial charge in [-0.15, -0.1) is 0 Å². The summed E-state index contributed by atoms with van der Waals surface area (Å²) >= 11 is 0. The number of carboxylic acids is 1. The number of aromatic carboxylic acids is 1. The molecule has 2 aromatic carbocycles. The molecule has 0 spiro atoms. The molecular formula is C18H15FN2O2. The molecule has 1 N–H and O–H groups in total. The lowest BCUT2D eigenvalue weighted by molar-refractivity contribution is 0.0684. The van der Waals surface area contributed by atoms with Crippen molar-refractivity contribution in [1.29, 1.82) is 0 Å². The fraction of sp³-hybridized carbons (Fsp3) is 0.111. The summed E-state index contributed by atoms with van der Waals surface area (Å²) < 4.78 is 14.8. The van der Waals surface area contributed by atoms with Crippen LogP contribution in [0.3, 0.4) is 0 Å². The van der Waals surface area contributed by atoms with E-state index >= 15 is 0 Å². The van der Waals surface area contributed by atoms with Gasteiger partial charge in [0.2, 0.25) is 0 Å². The molecule has 1 heterocycles. The number of hydrogen-bond acceptors (Lipinski definition) is 2. The number of hydrogen-bond donors (Lipinski definition) is 1. The Bertz CT molecular complexity index is 840. The van der Waals surface area contributed by atoms with Gasteiger partial charge in [0.1, 0.15) is 11.5 Å². The summed E-state index contributed by atoms with van der Waals surface area (Å²) in [4.78, 5) is 15.2. The first-order chi connectivity index (χ1) is 11.1. The SMILES string of the molecule is CC(c1ccccc1-c1ccc(F)cc1)n1cncc1C(=O)O. The van der Waals surface area contributed by atoms with Crippen LogP contribution >= 0.6 is 0 Å². The lowest BCUT2D eigenvalue weighted by atomic mass is 9.95. The van der Waals surface area contributed by atoms with Gasteiger partial charge in [-0.2, -0.15) is 0 Å². The zero-order valence-electron chi connectivity index (χ0n) is 12.5. The Morgan fingerprint density at radius 2 is 1.87 bits per heavy atom. The lowest BCUT2D eigenvalue weighted by Crippen LogP contribution is -2.13. The van der Waals surface area contributed by atoms with Crippen LogP contribution in [0.15, 0.2) is 61.1 Å². The molecule has 3 aromatic rings. The second-order valence-electron chi connectivity index (χ2n) is 5.26. The van der Waals surface area contributed by atoms with Crippen molar-refractivity contribution in [3.8, 4) is 11.1 Å². The first-order valence-electron chi connectivity index (χ1n) is 7.18. The molecule has 1 atom stereocenters. The Kier molecular flexibility index (Phi) is 3.93. The zero-order chi connectivity index (χ0) is 16.4. The van der Waals surface area contributed by atoms with Gasteiger partial charge in [-0.05, 0) is 35.7 Å². The van der Waals surface area contributed by atoms with E-state index in [1.165, 1.54) is 24.7 Å². The first kappa shape index (κ1) is 15.0. The van der Waals surface area contributed by atoms with Crippen molar-refractivity contribution < 1.29 is 14.3 Å².